The fraction of sp³-hybridized carbons (Fsp3) is 0.125. The van der Waals surface area contributed by atoms with E-state index in [1.165, 1.54) is 92.9 Å². The van der Waals surface area contributed by atoms with E-state index in [9.17, 15) is 0 Å². The molecule has 0 saturated heterocycles. The number of hydrogen-bond acceptors (Lipinski definition) is 2. The highest BCUT2D eigenvalue weighted by atomic mass is 32.1. The standard InChI is InChI=1S/C48H37NS/c1-47(2)40-27-25-31(28-38(40)45-33(18-12-21-41(45)47)30-14-6-5-7-15-30)49(43-22-13-19-37-36-17-9-11-23-44(36)50-46(37)43)32-24-26-35-34-16-8-10-20-39(34)48(3,4)42(35)29-32/h5-29H,1-4H3. The van der Waals surface area contributed by atoms with Crippen LogP contribution >= 0.6 is 11.3 Å². The van der Waals surface area contributed by atoms with Gasteiger partial charge in [0, 0.05) is 37.7 Å². The van der Waals surface area contributed by atoms with Gasteiger partial charge in [-0.05, 0) is 92.0 Å². The number of nitrogens with zero attached hydrogens (tertiary/aromatic N) is 1. The fourth-order valence-electron chi connectivity index (χ4n) is 8.96. The fourth-order valence-corrected chi connectivity index (χ4v) is 10.2. The molecular weight excluding hydrogens is 623 g/mol. The summed E-state index contributed by atoms with van der Waals surface area (Å²) < 4.78 is 2.63. The first-order valence-corrected chi connectivity index (χ1v) is 18.4. The lowest BCUT2D eigenvalue weighted by Crippen LogP contribution is -2.17. The molecule has 8 aromatic rings. The Bertz CT molecular complexity index is 2660. The Balaban J connectivity index is 1.24. The molecule has 0 N–H and O–H groups in total. The van der Waals surface area contributed by atoms with E-state index in [0.717, 1.165) is 0 Å². The second-order valence-corrected chi connectivity index (χ2v) is 16.0. The number of anilines is 3. The van der Waals surface area contributed by atoms with Gasteiger partial charge in [-0.25, -0.2) is 0 Å². The van der Waals surface area contributed by atoms with E-state index in [1.807, 2.05) is 11.3 Å². The highest BCUT2D eigenvalue weighted by Gasteiger charge is 2.38. The normalized spacial score (nSPS) is 14.7. The third-order valence-electron chi connectivity index (χ3n) is 11.5. The molecule has 2 aliphatic rings. The molecule has 10 rings (SSSR count). The zero-order valence-electron chi connectivity index (χ0n) is 28.8. The van der Waals surface area contributed by atoms with Gasteiger partial charge in [0.1, 0.15) is 0 Å². The quantitative estimate of drug-likeness (QED) is 0.182. The van der Waals surface area contributed by atoms with Crippen molar-refractivity contribution in [2.75, 3.05) is 4.90 Å². The maximum Gasteiger partial charge on any atom is 0.0640 e. The minimum atomic E-state index is -0.103. The third kappa shape index (κ3) is 4.06. The predicted octanol–water partition coefficient (Wildman–Crippen LogP) is 13.8. The highest BCUT2D eigenvalue weighted by Crippen LogP contribution is 2.55. The zero-order chi connectivity index (χ0) is 33.8. The van der Waals surface area contributed by atoms with Crippen LogP contribution in [0.5, 0.6) is 0 Å². The molecule has 1 aromatic heterocycles. The molecule has 0 spiro atoms. The second kappa shape index (κ2) is 10.5. The molecule has 0 aliphatic heterocycles. The SMILES string of the molecule is CC1(C)c2ccccc2-c2ccc(N(c3ccc4c(c3)-c3c(-c5ccccc5)cccc3C4(C)C)c3cccc4c3sc3ccccc34)cc21. The van der Waals surface area contributed by atoms with E-state index in [4.69, 9.17) is 0 Å². The van der Waals surface area contributed by atoms with Crippen molar-refractivity contribution >= 4 is 48.6 Å². The summed E-state index contributed by atoms with van der Waals surface area (Å²) in [7, 11) is 0. The molecule has 0 atom stereocenters. The lowest BCUT2D eigenvalue weighted by Gasteiger charge is -2.29. The molecule has 1 nitrogen and oxygen atoms in total. The molecule has 240 valence electrons. The Labute approximate surface area is 298 Å². The van der Waals surface area contributed by atoms with E-state index >= 15 is 0 Å². The number of benzene rings is 7. The van der Waals surface area contributed by atoms with E-state index in [2.05, 4.69) is 184 Å². The predicted molar refractivity (Wildman–Crippen MR) is 215 cm³/mol. The molecule has 1 heterocycles. The van der Waals surface area contributed by atoms with Gasteiger partial charge in [0.15, 0.2) is 0 Å². The zero-order valence-corrected chi connectivity index (χ0v) is 29.6. The number of fused-ring (bicyclic) bond motifs is 9. The van der Waals surface area contributed by atoms with Crippen LogP contribution in [0.25, 0.3) is 53.6 Å². The van der Waals surface area contributed by atoms with Crippen LogP contribution < -0.4 is 4.90 Å². The molecule has 2 aliphatic carbocycles. The van der Waals surface area contributed by atoms with Gasteiger partial charge in [-0.2, -0.15) is 0 Å². The molecule has 7 aromatic carbocycles. The van der Waals surface area contributed by atoms with Crippen LogP contribution in [0.3, 0.4) is 0 Å². The Morgan fingerprint density at radius 3 is 1.94 bits per heavy atom. The van der Waals surface area contributed by atoms with Crippen LogP contribution in [0.15, 0.2) is 152 Å². The van der Waals surface area contributed by atoms with Crippen LogP contribution in [0.2, 0.25) is 0 Å². The third-order valence-corrected chi connectivity index (χ3v) is 12.7. The first-order chi connectivity index (χ1) is 24.3. The van der Waals surface area contributed by atoms with E-state index in [1.54, 1.807) is 0 Å². The van der Waals surface area contributed by atoms with Crippen molar-refractivity contribution in [3.05, 3.63) is 174 Å². The lowest BCUT2D eigenvalue weighted by molar-refractivity contribution is 0.660. The second-order valence-electron chi connectivity index (χ2n) is 14.9. The Kier molecular flexibility index (Phi) is 6.21. The van der Waals surface area contributed by atoms with Gasteiger partial charge in [0.05, 0.1) is 10.4 Å². The largest absolute Gasteiger partial charge is 0.309 e. The molecule has 0 bridgehead atoms. The minimum absolute atomic E-state index is 0.0945. The van der Waals surface area contributed by atoms with Gasteiger partial charge < -0.3 is 4.90 Å². The van der Waals surface area contributed by atoms with Crippen molar-refractivity contribution in [2.45, 2.75) is 38.5 Å². The monoisotopic (exact) mass is 659 g/mol. The van der Waals surface area contributed by atoms with Crippen molar-refractivity contribution < 1.29 is 0 Å². The summed E-state index contributed by atoms with van der Waals surface area (Å²) in [5.41, 5.74) is 16.8. The average molecular weight is 660 g/mol. The topological polar surface area (TPSA) is 3.24 Å². The summed E-state index contributed by atoms with van der Waals surface area (Å²) in [6.07, 6.45) is 0. The van der Waals surface area contributed by atoms with E-state index < -0.39 is 0 Å². The Hall–Kier alpha value is -5.44. The van der Waals surface area contributed by atoms with Gasteiger partial charge >= 0.3 is 0 Å². The summed E-state index contributed by atoms with van der Waals surface area (Å²) in [6.45, 7) is 9.50. The first kappa shape index (κ1) is 29.5. The van der Waals surface area contributed by atoms with Gasteiger partial charge in [0.2, 0.25) is 0 Å². The first-order valence-electron chi connectivity index (χ1n) is 17.6. The van der Waals surface area contributed by atoms with Gasteiger partial charge in [-0.15, -0.1) is 11.3 Å². The van der Waals surface area contributed by atoms with Crippen LogP contribution in [0.1, 0.15) is 49.9 Å². The Morgan fingerprint density at radius 1 is 0.440 bits per heavy atom. The maximum absolute atomic E-state index is 2.52. The van der Waals surface area contributed by atoms with Crippen molar-refractivity contribution in [3.8, 4) is 33.4 Å². The smallest absolute Gasteiger partial charge is 0.0640 e. The van der Waals surface area contributed by atoms with Crippen molar-refractivity contribution in [1.29, 1.82) is 0 Å². The van der Waals surface area contributed by atoms with Crippen molar-refractivity contribution in [1.82, 2.24) is 0 Å². The molecule has 0 radical (unpaired) electrons. The highest BCUT2D eigenvalue weighted by molar-refractivity contribution is 7.26. The number of thiophene rings is 1. The van der Waals surface area contributed by atoms with Gasteiger partial charge in [0.25, 0.3) is 0 Å². The summed E-state index contributed by atoms with van der Waals surface area (Å²) >= 11 is 1.89. The van der Waals surface area contributed by atoms with Crippen LogP contribution in [-0.4, -0.2) is 0 Å². The number of rotatable bonds is 4. The molecule has 0 saturated carbocycles. The summed E-state index contributed by atoms with van der Waals surface area (Å²) in [6, 6.07) is 56.7. The maximum atomic E-state index is 2.52. The lowest BCUT2D eigenvalue weighted by atomic mass is 9.82. The Morgan fingerprint density at radius 2 is 1.06 bits per heavy atom. The van der Waals surface area contributed by atoms with Crippen molar-refractivity contribution in [3.63, 3.8) is 0 Å². The van der Waals surface area contributed by atoms with E-state index in [-0.39, 0.29) is 10.8 Å². The molecular formula is C48H37NS. The van der Waals surface area contributed by atoms with Gasteiger partial charge in [-0.3, -0.25) is 0 Å². The van der Waals surface area contributed by atoms with Crippen LogP contribution in [0, 0.1) is 0 Å². The molecule has 0 amide bonds. The van der Waals surface area contributed by atoms with Crippen LogP contribution in [0.4, 0.5) is 17.1 Å². The van der Waals surface area contributed by atoms with Crippen LogP contribution in [-0.2, 0) is 10.8 Å². The summed E-state index contributed by atoms with van der Waals surface area (Å²) in [4.78, 5) is 2.52. The summed E-state index contributed by atoms with van der Waals surface area (Å²) in [5.74, 6) is 0. The average Bonchev–Trinajstić information content (AvgIpc) is 3.72. The minimum Gasteiger partial charge on any atom is -0.309 e. The van der Waals surface area contributed by atoms with Crippen molar-refractivity contribution in [2.24, 2.45) is 0 Å². The molecule has 2 heteroatoms. The molecule has 50 heavy (non-hydrogen) atoms. The molecule has 0 fully saturated rings. The van der Waals surface area contributed by atoms with Gasteiger partial charge in [-0.1, -0.05) is 143 Å². The number of hydrogen-bond donors (Lipinski definition) is 0. The summed E-state index contributed by atoms with van der Waals surface area (Å²) in [5, 5.41) is 2.62. The molecule has 0 unspecified atom stereocenters. The van der Waals surface area contributed by atoms with E-state index in [0.29, 0.717) is 0 Å².